The fourth-order valence-corrected chi connectivity index (χ4v) is 6.76. The van der Waals surface area contributed by atoms with E-state index < -0.39 is 32.5 Å². The fraction of sp³-hybridized carbons (Fsp3) is 0.475. The van der Waals surface area contributed by atoms with Crippen LogP contribution in [0.1, 0.15) is 155 Å². The molecule has 0 aromatic heterocycles. The molecule has 394 valence electrons. The lowest BCUT2D eigenvalue weighted by Crippen LogP contribution is -2.29. The second kappa shape index (κ2) is 54.4. The highest BCUT2D eigenvalue weighted by Gasteiger charge is 2.26. The molecule has 0 aliphatic rings. The molecule has 0 bridgehead atoms. The number of allylic oxidation sites excluding steroid dienone is 30. The number of nitrogens with two attached hydrogens (primary N) is 1. The summed E-state index contributed by atoms with van der Waals surface area (Å²) in [4.78, 5) is 35.1. The van der Waals surface area contributed by atoms with Crippen molar-refractivity contribution in [2.24, 2.45) is 5.73 Å². The normalized spacial score (nSPS) is 14.6. The van der Waals surface area contributed by atoms with Crippen LogP contribution in [0.5, 0.6) is 0 Å². The van der Waals surface area contributed by atoms with E-state index in [1.165, 1.54) is 0 Å². The zero-order valence-electron chi connectivity index (χ0n) is 43.6. The monoisotopic (exact) mass is 998 g/mol. The van der Waals surface area contributed by atoms with Crippen molar-refractivity contribution in [3.8, 4) is 0 Å². The van der Waals surface area contributed by atoms with Crippen molar-refractivity contribution in [1.29, 1.82) is 0 Å². The summed E-state index contributed by atoms with van der Waals surface area (Å²) in [6.07, 6.45) is 82.3. The number of ether oxygens (including phenoxy) is 2. The maximum Gasteiger partial charge on any atom is 0.472 e. The molecule has 0 aliphatic carbocycles. The van der Waals surface area contributed by atoms with Gasteiger partial charge in [-0.2, -0.15) is 0 Å². The van der Waals surface area contributed by atoms with Gasteiger partial charge in [0, 0.05) is 19.4 Å². The molecule has 71 heavy (non-hydrogen) atoms. The smallest absolute Gasteiger partial charge is 0.462 e. The maximum absolute atomic E-state index is 12.6. The third-order valence-corrected chi connectivity index (χ3v) is 10.8. The van der Waals surface area contributed by atoms with E-state index in [1.807, 2.05) is 6.08 Å². The van der Waals surface area contributed by atoms with Gasteiger partial charge in [0.2, 0.25) is 0 Å². The summed E-state index contributed by atoms with van der Waals surface area (Å²) >= 11 is 0. The van der Waals surface area contributed by atoms with Crippen LogP contribution in [0.4, 0.5) is 0 Å². The molecule has 2 atom stereocenters. The Morgan fingerprint density at radius 2 is 0.732 bits per heavy atom. The van der Waals surface area contributed by atoms with Crippen LogP contribution in [0, 0.1) is 0 Å². The van der Waals surface area contributed by atoms with Crippen LogP contribution >= 0.6 is 7.82 Å². The van der Waals surface area contributed by atoms with Crippen molar-refractivity contribution in [2.75, 3.05) is 26.4 Å². The SMILES string of the molecule is CC/C=C\C/C=C\C/C=C\C/C=C\C/C=C\C/C=C\C/C=C\C/C=C\C/C=C\CCCC(=O)OC(COC(=O)CCCC/C=C\C/C=C\C/C=C\C/C=C\C/C=C\C/C=C\CC)COP(=O)(O)OCCN. The molecule has 0 rings (SSSR count). The Morgan fingerprint density at radius 1 is 0.423 bits per heavy atom. The van der Waals surface area contributed by atoms with Gasteiger partial charge in [0.25, 0.3) is 0 Å². The van der Waals surface area contributed by atoms with E-state index in [-0.39, 0.29) is 32.6 Å². The van der Waals surface area contributed by atoms with Crippen molar-refractivity contribution in [1.82, 2.24) is 0 Å². The van der Waals surface area contributed by atoms with Crippen molar-refractivity contribution in [3.63, 3.8) is 0 Å². The summed E-state index contributed by atoms with van der Waals surface area (Å²) in [7, 11) is -4.43. The van der Waals surface area contributed by atoms with Crippen LogP contribution in [0.3, 0.4) is 0 Å². The Balaban J connectivity index is 4.30. The lowest BCUT2D eigenvalue weighted by molar-refractivity contribution is -0.161. The summed E-state index contributed by atoms with van der Waals surface area (Å²) in [5, 5.41) is 0. The number of carbonyl (C=O) groups excluding carboxylic acids is 2. The molecule has 0 fully saturated rings. The Hall–Kier alpha value is -4.89. The van der Waals surface area contributed by atoms with E-state index in [9.17, 15) is 19.0 Å². The number of phosphoric acid groups is 1. The Morgan fingerprint density at radius 3 is 1.07 bits per heavy atom. The quantitative estimate of drug-likeness (QED) is 0.0264. The molecule has 9 nitrogen and oxygen atoms in total. The summed E-state index contributed by atoms with van der Waals surface area (Å²) in [5.41, 5.74) is 5.36. The number of hydrogen-bond donors (Lipinski definition) is 2. The van der Waals surface area contributed by atoms with Crippen molar-refractivity contribution in [3.05, 3.63) is 182 Å². The van der Waals surface area contributed by atoms with Gasteiger partial charge in [-0.25, -0.2) is 4.57 Å². The van der Waals surface area contributed by atoms with Crippen molar-refractivity contribution >= 4 is 19.8 Å². The molecule has 0 aromatic carbocycles. The molecular formula is C61H92NO8P. The number of hydrogen-bond acceptors (Lipinski definition) is 8. The first-order chi connectivity index (χ1) is 34.8. The van der Waals surface area contributed by atoms with E-state index in [2.05, 4.69) is 190 Å². The zero-order chi connectivity index (χ0) is 51.7. The van der Waals surface area contributed by atoms with Crippen LogP contribution in [-0.2, 0) is 32.7 Å². The lowest BCUT2D eigenvalue weighted by Gasteiger charge is -2.19. The standard InChI is InChI=1S/C61H92NO8P/c1-3-5-7-9-11-13-15-17-19-21-23-25-26-27-28-29-30-31-32-34-36-38-40-42-44-46-48-50-52-54-61(64)70-59(58-69-71(65,66)68-56-55-62)57-67-60(63)53-51-49-47-45-43-41-39-37-35-33-24-22-20-18-16-14-12-10-8-6-4-2/h5-8,11-14,17-20,23-25,27-28,30-31,33-34,36-37,39-40,42-43,45-46,48,59H,3-4,9-10,15-16,21-22,26,29,32,35,38,41,44,47,49-58,62H2,1-2H3,(H,65,66)/b7-5-,8-6-,13-11-,14-12-,19-17-,20-18-,25-23-,28-27-,31-30-,33-24-,36-34-,39-37-,42-40-,45-43-,48-46-. The second-order valence-electron chi connectivity index (χ2n) is 16.3. The second-order valence-corrected chi connectivity index (χ2v) is 17.7. The molecular weight excluding hydrogens is 906 g/mol. The highest BCUT2D eigenvalue weighted by Crippen LogP contribution is 2.43. The molecule has 0 aliphatic heterocycles. The molecule has 2 unspecified atom stereocenters. The van der Waals surface area contributed by atoms with Crippen LogP contribution < -0.4 is 5.73 Å². The van der Waals surface area contributed by atoms with Gasteiger partial charge in [0.15, 0.2) is 6.10 Å². The molecule has 0 spiro atoms. The topological polar surface area (TPSA) is 134 Å². The van der Waals surface area contributed by atoms with Crippen molar-refractivity contribution in [2.45, 2.75) is 161 Å². The van der Waals surface area contributed by atoms with E-state index in [0.29, 0.717) is 19.3 Å². The minimum Gasteiger partial charge on any atom is -0.462 e. The first-order valence-electron chi connectivity index (χ1n) is 26.3. The van der Waals surface area contributed by atoms with Gasteiger partial charge in [-0.15, -0.1) is 0 Å². The van der Waals surface area contributed by atoms with Crippen LogP contribution in [0.25, 0.3) is 0 Å². The maximum atomic E-state index is 12.6. The molecule has 10 heteroatoms. The minimum atomic E-state index is -4.43. The van der Waals surface area contributed by atoms with Crippen LogP contribution in [0.15, 0.2) is 182 Å². The van der Waals surface area contributed by atoms with Gasteiger partial charge in [0.1, 0.15) is 6.61 Å². The predicted molar refractivity (Wildman–Crippen MR) is 302 cm³/mol. The van der Waals surface area contributed by atoms with E-state index in [1.54, 1.807) is 0 Å². The molecule has 0 amide bonds. The summed E-state index contributed by atoms with van der Waals surface area (Å²) < 4.78 is 32.8. The molecule has 0 heterocycles. The number of esters is 2. The Labute approximate surface area is 431 Å². The number of rotatable bonds is 46. The van der Waals surface area contributed by atoms with E-state index in [4.69, 9.17) is 24.3 Å². The van der Waals surface area contributed by atoms with Gasteiger partial charge in [-0.05, 0) is 128 Å². The Kier molecular flexibility index (Phi) is 50.7. The third kappa shape index (κ3) is 54.3. The highest BCUT2D eigenvalue weighted by molar-refractivity contribution is 7.47. The van der Waals surface area contributed by atoms with Gasteiger partial charge in [-0.1, -0.05) is 196 Å². The number of carbonyl (C=O) groups is 2. The van der Waals surface area contributed by atoms with E-state index in [0.717, 1.165) is 109 Å². The first-order valence-corrected chi connectivity index (χ1v) is 27.8. The molecule has 0 radical (unpaired) electrons. The van der Waals surface area contributed by atoms with Gasteiger partial charge in [0.05, 0.1) is 13.2 Å². The zero-order valence-corrected chi connectivity index (χ0v) is 44.5. The molecule has 0 saturated heterocycles. The largest absolute Gasteiger partial charge is 0.472 e. The first kappa shape index (κ1) is 66.1. The van der Waals surface area contributed by atoms with Crippen LogP contribution in [0.2, 0.25) is 0 Å². The molecule has 3 N–H and O–H groups in total. The third-order valence-electron chi connectivity index (χ3n) is 9.79. The van der Waals surface area contributed by atoms with Gasteiger partial charge < -0.3 is 20.1 Å². The van der Waals surface area contributed by atoms with Crippen LogP contribution in [-0.4, -0.2) is 49.3 Å². The molecule has 0 aromatic rings. The predicted octanol–water partition coefficient (Wildman–Crippen LogP) is 16.5. The summed E-state index contributed by atoms with van der Waals surface area (Å²) in [6, 6.07) is 0. The van der Waals surface area contributed by atoms with E-state index >= 15 is 0 Å². The average Bonchev–Trinajstić information content (AvgIpc) is 3.36. The fourth-order valence-electron chi connectivity index (χ4n) is 5.99. The number of phosphoric ester groups is 1. The summed E-state index contributed by atoms with van der Waals surface area (Å²) in [5.74, 6) is -0.970. The van der Waals surface area contributed by atoms with Crippen molar-refractivity contribution < 1.29 is 37.6 Å². The minimum absolute atomic E-state index is 0.0262. The van der Waals surface area contributed by atoms with Gasteiger partial charge in [-0.3, -0.25) is 18.6 Å². The average molecular weight is 998 g/mol. The highest BCUT2D eigenvalue weighted by atomic mass is 31.2. The Bertz CT molecular complexity index is 1800. The lowest BCUT2D eigenvalue weighted by atomic mass is 10.2. The number of unbranched alkanes of at least 4 members (excludes halogenated alkanes) is 3. The summed E-state index contributed by atoms with van der Waals surface area (Å²) in [6.45, 7) is 3.35. The van der Waals surface area contributed by atoms with Gasteiger partial charge >= 0.3 is 19.8 Å². The molecule has 0 saturated carbocycles.